The van der Waals surface area contributed by atoms with Gasteiger partial charge in [-0.1, -0.05) is 95.3 Å². The number of amides is 5. The SMILES string of the molecule is CC#N.CC#N.CC(C)C[C@H](C)C(=O)OCc1ccccc1.CC(C)C[C@H](NC(=O)C1CCCN1C#N)C(=O)OCc1ccccc1.CN1CCC[C@@H]1C(=O)ON1C(=O)CCC1=O.COC(=O)C1CCC(=O)N1.COC(=O)C1CCC(=O)N1C#N.COC(=O)[C@@H]1CCCN1.COC(=O)[C@@H]1CCCN1C#N.ClCCl. The summed E-state index contributed by atoms with van der Waals surface area (Å²) in [5.41, 5.74) is 1.93. The number of halogens is 2. The predicted molar refractivity (Wildman–Crippen MR) is 391 cm³/mol. The molecule has 3 N–H and O–H groups in total. The van der Waals surface area contributed by atoms with Crippen LogP contribution in [0.5, 0.6) is 0 Å². The molecule has 0 radical (unpaired) electrons. The lowest BCUT2D eigenvalue weighted by Crippen LogP contribution is -2.49. The summed E-state index contributed by atoms with van der Waals surface area (Å²) < 4.78 is 28.6. The maximum absolute atomic E-state index is 12.5. The molecule has 34 heteroatoms. The summed E-state index contributed by atoms with van der Waals surface area (Å²) >= 11 is 9.53. The van der Waals surface area contributed by atoms with Gasteiger partial charge in [-0.15, -0.1) is 28.3 Å². The summed E-state index contributed by atoms with van der Waals surface area (Å²) in [6, 6.07) is 19.7. The van der Waals surface area contributed by atoms with E-state index in [4.69, 9.17) is 63.8 Å². The highest BCUT2D eigenvalue weighted by atomic mass is 35.5. The number of rotatable bonds is 18. The van der Waals surface area contributed by atoms with Crippen LogP contribution in [0, 0.1) is 74.8 Å². The summed E-state index contributed by atoms with van der Waals surface area (Å²) in [6.45, 7) is 16.6. The van der Waals surface area contributed by atoms with E-state index in [-0.39, 0.29) is 103 Å². The number of methoxy groups -OCH3 is 4. The molecule has 7 aliphatic rings. The standard InChI is InChI=1S/C19H25N3O3.C14H20O2.C10H14N2O4.C7H8N2O3.C7H10N2O2.C6H9NO3.C6H11NO2.2C2H3N.CH2Cl2/c1-14(2)11-16(19(24)25-12-15-7-4-3-5-8-15)21-18(23)17-9-6-10-22(17)13-20;1-11(2)9-12(3)14(15)16-10-13-7-5-4-6-8-13;1-11-6-2-3-7(11)10(15)16-12-8(13)4-5-9(12)14;1-12-7(11)5-2-3-6(10)9(5)4-8;1-11-7(10)6-3-2-4-9(6)5-8;1-10-6(9)4-2-3-5(8)7-4;1-9-6(8)5-3-2-4-7-5;2*1-2-3;2-1-3/h3-5,7-8,14,16-17H,6,9-12H2,1-2H3,(H,21,23);4-8,11-12H,9-10H2,1-3H3;7H,2-6H2,1H3;5H,2-3H2,1H3;6H,2-4H2,1H3;4H,2-3H2,1H3,(H,7,8);5,7H,2-4H2,1H3;2*1H3;1H2/t16-,17?;12-;7-;;6-;;5-;;;/m001.0.0.../s1. The second-order valence-corrected chi connectivity index (χ2v) is 26.1. The monoisotopic (exact) mass is 1550 g/mol. The van der Waals surface area contributed by atoms with Gasteiger partial charge in [-0.2, -0.15) is 26.3 Å². The summed E-state index contributed by atoms with van der Waals surface area (Å²) in [4.78, 5) is 146. The Morgan fingerprint density at radius 2 is 0.981 bits per heavy atom. The van der Waals surface area contributed by atoms with Gasteiger partial charge < -0.3 is 49.2 Å². The van der Waals surface area contributed by atoms with Crippen molar-refractivity contribution in [2.24, 2.45) is 17.8 Å². The Hall–Kier alpha value is -10.2. The minimum Gasteiger partial charge on any atom is -0.468 e. The zero-order valence-electron chi connectivity index (χ0n) is 63.8. The molecule has 3 unspecified atom stereocenters. The number of imide groups is 1. The van der Waals surface area contributed by atoms with Crippen molar-refractivity contribution in [3.8, 4) is 30.7 Å². The highest BCUT2D eigenvalue weighted by molar-refractivity contribution is 6.40. The predicted octanol–water partition coefficient (Wildman–Crippen LogP) is 6.87. The quantitative estimate of drug-likeness (QED) is 0.0450. The Kier molecular flexibility index (Phi) is 51.7. The number of benzene rings is 2. The van der Waals surface area contributed by atoms with E-state index in [2.05, 4.69) is 48.7 Å². The Morgan fingerprint density at radius 1 is 0.528 bits per heavy atom. The average Bonchev–Trinajstić information content (AvgIpc) is 1.69. The summed E-state index contributed by atoms with van der Waals surface area (Å²) in [5.74, 6) is -3.14. The lowest BCUT2D eigenvalue weighted by atomic mass is 9.99. The normalized spacial score (nSPS) is 19.4. The second-order valence-electron chi connectivity index (χ2n) is 25.3. The summed E-state index contributed by atoms with van der Waals surface area (Å²) in [7, 11) is 7.14. The molecule has 5 amide bonds. The first-order chi connectivity index (χ1) is 51.5. The van der Waals surface area contributed by atoms with E-state index in [0.29, 0.717) is 69.2 Å². The van der Waals surface area contributed by atoms with E-state index in [9.17, 15) is 57.5 Å². The highest BCUT2D eigenvalue weighted by Crippen LogP contribution is 2.22. The fourth-order valence-electron chi connectivity index (χ4n) is 11.0. The van der Waals surface area contributed by atoms with Gasteiger partial charge in [0.2, 0.25) is 17.7 Å². The minimum atomic E-state index is -0.701. The second kappa shape index (κ2) is 57.1. The summed E-state index contributed by atoms with van der Waals surface area (Å²) in [5, 5.41) is 49.9. The topological polar surface area (TPSA) is 441 Å². The molecule has 7 aliphatic heterocycles. The van der Waals surface area contributed by atoms with Crippen molar-refractivity contribution in [2.75, 3.05) is 67.0 Å². The molecule has 32 nitrogen and oxygen atoms in total. The molecule has 2 aromatic carbocycles. The number of hydrogen-bond acceptors (Lipinski definition) is 28. The lowest BCUT2D eigenvalue weighted by molar-refractivity contribution is -0.200. The first-order valence-corrected chi connectivity index (χ1v) is 36.2. The molecule has 7 fully saturated rings. The molecule has 0 bridgehead atoms. The van der Waals surface area contributed by atoms with E-state index in [1.54, 1.807) is 18.3 Å². The maximum Gasteiger partial charge on any atom is 0.350 e. The highest BCUT2D eigenvalue weighted by Gasteiger charge is 2.39. The Labute approximate surface area is 643 Å². The van der Waals surface area contributed by atoms with Crippen molar-refractivity contribution < 1.29 is 90.8 Å². The molecule has 0 aromatic heterocycles. The van der Waals surface area contributed by atoms with Crippen LogP contribution in [0.3, 0.4) is 0 Å². The van der Waals surface area contributed by atoms with Crippen LogP contribution in [-0.2, 0) is 104 Å². The average molecular weight is 1550 g/mol. The fraction of sp³-hybridized carbons (Fsp3) is 0.608. The Morgan fingerprint density at radius 3 is 1.41 bits per heavy atom. The molecule has 0 saturated carbocycles. The van der Waals surface area contributed by atoms with E-state index in [1.165, 1.54) is 52.1 Å². The molecule has 7 saturated heterocycles. The Balaban J connectivity index is 0.00000124. The van der Waals surface area contributed by atoms with Gasteiger partial charge in [0.1, 0.15) is 55.5 Å². The van der Waals surface area contributed by atoms with Gasteiger partial charge in [0.15, 0.2) is 18.6 Å². The molecule has 0 spiro atoms. The lowest BCUT2D eigenvalue weighted by Gasteiger charge is -2.23. The molecule has 9 rings (SSSR count). The van der Waals surface area contributed by atoms with Crippen molar-refractivity contribution in [1.29, 1.82) is 26.3 Å². The van der Waals surface area contributed by atoms with Crippen LogP contribution in [0.1, 0.15) is 162 Å². The number of likely N-dealkylation sites (N-methyl/N-ethyl adjacent to an activating group) is 1. The maximum atomic E-state index is 12.5. The minimum absolute atomic E-state index is 0.0105. The molecule has 8 atom stereocenters. The van der Waals surface area contributed by atoms with Crippen LogP contribution in [0.25, 0.3) is 0 Å². The number of nitrogens with one attached hydrogen (secondary N) is 3. The third-order valence-corrected chi connectivity index (χ3v) is 16.3. The number of likely N-dealkylation sites (tertiary alicyclic amines) is 4. The molecular formula is C74H105Cl2N13O19. The molecule has 594 valence electrons. The largest absolute Gasteiger partial charge is 0.468 e. The first-order valence-electron chi connectivity index (χ1n) is 35.1. The first kappa shape index (κ1) is 97.8. The molecule has 0 aliphatic carbocycles. The van der Waals surface area contributed by atoms with Gasteiger partial charge >= 0.3 is 41.8 Å². The van der Waals surface area contributed by atoms with Gasteiger partial charge in [0, 0.05) is 52.6 Å². The van der Waals surface area contributed by atoms with E-state index >= 15 is 0 Å². The summed E-state index contributed by atoms with van der Waals surface area (Å²) in [6.07, 6.45) is 15.6. The number of esters is 6. The van der Waals surface area contributed by atoms with Crippen LogP contribution in [0.2, 0.25) is 0 Å². The van der Waals surface area contributed by atoms with Crippen molar-refractivity contribution in [1.82, 2.24) is 40.6 Å². The third kappa shape index (κ3) is 38.4. The smallest absolute Gasteiger partial charge is 0.350 e. The van der Waals surface area contributed by atoms with E-state index in [0.717, 1.165) is 74.1 Å². The number of ether oxygens (including phenoxy) is 6. The van der Waals surface area contributed by atoms with Crippen LogP contribution < -0.4 is 16.0 Å². The van der Waals surface area contributed by atoms with Gasteiger partial charge in [0.25, 0.3) is 11.8 Å². The van der Waals surface area contributed by atoms with Crippen LogP contribution in [-0.4, -0.2) is 205 Å². The number of hydroxylamine groups is 2. The zero-order valence-corrected chi connectivity index (χ0v) is 65.3. The number of carbonyl (C=O) groups is 12. The van der Waals surface area contributed by atoms with Gasteiger partial charge in [-0.25, -0.2) is 28.9 Å². The molecule has 108 heavy (non-hydrogen) atoms. The molecule has 7 heterocycles. The number of nitrogens with zero attached hydrogens (tertiary/aromatic N) is 10. The Bertz CT molecular complexity index is 3330. The van der Waals surface area contributed by atoms with E-state index in [1.807, 2.05) is 106 Å². The van der Waals surface area contributed by atoms with Crippen LogP contribution >= 0.6 is 23.2 Å². The van der Waals surface area contributed by atoms with Crippen molar-refractivity contribution in [2.45, 2.75) is 207 Å². The van der Waals surface area contributed by atoms with Crippen LogP contribution in [0.15, 0.2) is 60.7 Å². The van der Waals surface area contributed by atoms with Crippen LogP contribution in [0.4, 0.5) is 0 Å². The number of hydrogen-bond donors (Lipinski definition) is 3. The van der Waals surface area contributed by atoms with Gasteiger partial charge in [0.05, 0.1) is 51.8 Å². The zero-order chi connectivity index (χ0) is 81.7. The molecular weight excluding hydrogens is 1450 g/mol. The van der Waals surface area contributed by atoms with E-state index < -0.39 is 53.9 Å². The van der Waals surface area contributed by atoms with Gasteiger partial charge in [-0.05, 0) is 120 Å². The molecule has 2 aromatic rings. The number of carbonyl (C=O) groups excluding carboxylic acids is 12. The van der Waals surface area contributed by atoms with Crippen molar-refractivity contribution >= 4 is 94.5 Å². The van der Waals surface area contributed by atoms with Gasteiger partial charge in [-0.3, -0.25) is 48.3 Å². The fourth-order valence-corrected chi connectivity index (χ4v) is 11.0. The van der Waals surface area contributed by atoms with Crippen molar-refractivity contribution in [3.63, 3.8) is 0 Å². The number of alkyl halides is 2. The van der Waals surface area contributed by atoms with Crippen molar-refractivity contribution in [3.05, 3.63) is 71.8 Å². The number of nitriles is 5. The third-order valence-electron chi connectivity index (χ3n) is 16.3.